The third kappa shape index (κ3) is 4.91. The van der Waals surface area contributed by atoms with Crippen molar-refractivity contribution in [1.82, 2.24) is 0 Å². The van der Waals surface area contributed by atoms with Gasteiger partial charge in [0, 0.05) is 11.3 Å². The number of amidine groups is 1. The normalized spacial score (nSPS) is 10.7. The van der Waals surface area contributed by atoms with Crippen molar-refractivity contribution in [2.45, 2.75) is 13.8 Å². The number of rotatable bonds is 5. The van der Waals surface area contributed by atoms with Gasteiger partial charge in [0.1, 0.15) is 6.07 Å². The molecule has 0 atom stereocenters. The molecule has 0 fully saturated rings. The van der Waals surface area contributed by atoms with Gasteiger partial charge in [0.25, 0.3) is 5.91 Å². The Labute approximate surface area is 145 Å². The van der Waals surface area contributed by atoms with E-state index >= 15 is 0 Å². The number of nitriles is 1. The number of carbonyl (C=O) groups is 1. The highest BCUT2D eigenvalue weighted by Crippen LogP contribution is 2.16. The summed E-state index contributed by atoms with van der Waals surface area (Å²) in [5.41, 5.74) is 11.6. The molecule has 0 aliphatic carbocycles. The molecule has 2 aromatic carbocycles. The maximum Gasteiger partial charge on any atom is 0.255 e. The minimum atomic E-state index is -0.417. The molecular formula is C18H18N6O. The number of amides is 1. The van der Waals surface area contributed by atoms with Crippen LogP contribution in [0.2, 0.25) is 0 Å². The van der Waals surface area contributed by atoms with Crippen LogP contribution in [0.1, 0.15) is 21.5 Å². The van der Waals surface area contributed by atoms with Crippen LogP contribution in [0, 0.1) is 30.6 Å². The standard InChI is InChI=1S/C18H18N6O/c1-11-7-12(2)9-15(8-11)22-18(25)13-3-5-14(6-4-13)23-24-16(10-19)17(20)21/h3-9,23H,1-2H3,(H3,20,21)(H,22,25)/b24-16+. The molecule has 25 heavy (non-hydrogen) atoms. The van der Waals surface area contributed by atoms with Gasteiger partial charge in [-0.2, -0.15) is 10.4 Å². The van der Waals surface area contributed by atoms with Gasteiger partial charge in [-0.1, -0.05) is 6.07 Å². The first kappa shape index (κ1) is 17.7. The van der Waals surface area contributed by atoms with Crippen LogP contribution in [-0.2, 0) is 0 Å². The maximum absolute atomic E-state index is 12.3. The predicted molar refractivity (Wildman–Crippen MR) is 98.9 cm³/mol. The van der Waals surface area contributed by atoms with Crippen LogP contribution in [0.15, 0.2) is 47.6 Å². The SMILES string of the molecule is Cc1cc(C)cc(NC(=O)c2ccc(N/N=C(\C#N)C(=N)N)cc2)c1. The summed E-state index contributed by atoms with van der Waals surface area (Å²) in [6, 6.07) is 14.1. The van der Waals surface area contributed by atoms with E-state index in [1.54, 1.807) is 30.3 Å². The van der Waals surface area contributed by atoms with Crippen molar-refractivity contribution in [1.29, 1.82) is 10.7 Å². The first-order valence-electron chi connectivity index (χ1n) is 7.47. The molecule has 2 aromatic rings. The molecule has 7 heteroatoms. The quantitative estimate of drug-likeness (QED) is 0.381. The summed E-state index contributed by atoms with van der Waals surface area (Å²) in [4.78, 5) is 12.3. The molecule has 7 nitrogen and oxygen atoms in total. The summed E-state index contributed by atoms with van der Waals surface area (Å²) in [6.07, 6.45) is 0. The first-order chi connectivity index (χ1) is 11.9. The fourth-order valence-electron chi connectivity index (χ4n) is 2.21. The largest absolute Gasteiger partial charge is 0.382 e. The van der Waals surface area contributed by atoms with Crippen molar-refractivity contribution in [3.8, 4) is 6.07 Å². The van der Waals surface area contributed by atoms with Crippen molar-refractivity contribution >= 4 is 28.8 Å². The number of benzene rings is 2. The molecule has 0 heterocycles. The summed E-state index contributed by atoms with van der Waals surface area (Å²) < 4.78 is 0. The Balaban J connectivity index is 2.07. The van der Waals surface area contributed by atoms with Crippen LogP contribution in [0.3, 0.4) is 0 Å². The average Bonchev–Trinajstić information content (AvgIpc) is 2.54. The lowest BCUT2D eigenvalue weighted by molar-refractivity contribution is 0.102. The minimum Gasteiger partial charge on any atom is -0.382 e. The lowest BCUT2D eigenvalue weighted by atomic mass is 10.1. The smallest absolute Gasteiger partial charge is 0.255 e. The molecule has 1 amide bonds. The number of aryl methyl sites for hydroxylation is 2. The van der Waals surface area contributed by atoms with Crippen molar-refractivity contribution in [3.63, 3.8) is 0 Å². The Morgan fingerprint density at radius 1 is 1.12 bits per heavy atom. The van der Waals surface area contributed by atoms with Crippen molar-refractivity contribution in [2.24, 2.45) is 10.8 Å². The van der Waals surface area contributed by atoms with E-state index in [2.05, 4.69) is 15.8 Å². The highest BCUT2D eigenvalue weighted by molar-refractivity contribution is 6.45. The number of hydrogen-bond acceptors (Lipinski definition) is 5. The molecule has 126 valence electrons. The van der Waals surface area contributed by atoms with E-state index in [1.165, 1.54) is 0 Å². The molecule has 2 rings (SSSR count). The molecule has 0 radical (unpaired) electrons. The Kier molecular flexibility index (Phi) is 5.48. The summed E-state index contributed by atoms with van der Waals surface area (Å²) in [5, 5.41) is 22.5. The first-order valence-corrected chi connectivity index (χ1v) is 7.47. The number of hydrogen-bond donors (Lipinski definition) is 4. The van der Waals surface area contributed by atoms with E-state index in [1.807, 2.05) is 32.0 Å². The van der Waals surface area contributed by atoms with Gasteiger partial charge in [0.15, 0.2) is 5.84 Å². The van der Waals surface area contributed by atoms with Crippen LogP contribution in [0.4, 0.5) is 11.4 Å². The van der Waals surface area contributed by atoms with Gasteiger partial charge >= 0.3 is 0 Å². The van der Waals surface area contributed by atoms with Crippen LogP contribution < -0.4 is 16.5 Å². The maximum atomic E-state index is 12.3. The van der Waals surface area contributed by atoms with Crippen LogP contribution >= 0.6 is 0 Å². The van der Waals surface area contributed by atoms with Crippen LogP contribution in [-0.4, -0.2) is 17.5 Å². The van der Waals surface area contributed by atoms with E-state index in [9.17, 15) is 4.79 Å². The molecule has 0 aliphatic rings. The van der Waals surface area contributed by atoms with Crippen molar-refractivity contribution < 1.29 is 4.79 Å². The lowest BCUT2D eigenvalue weighted by Crippen LogP contribution is -2.21. The second-order valence-electron chi connectivity index (χ2n) is 5.51. The van der Waals surface area contributed by atoms with Gasteiger partial charge in [-0.3, -0.25) is 15.6 Å². The monoisotopic (exact) mass is 334 g/mol. The number of nitrogens with zero attached hydrogens (tertiary/aromatic N) is 2. The van der Waals surface area contributed by atoms with E-state index in [4.69, 9.17) is 16.4 Å². The van der Waals surface area contributed by atoms with Crippen molar-refractivity contribution in [3.05, 3.63) is 59.2 Å². The fraction of sp³-hybridized carbons (Fsp3) is 0.111. The molecule has 0 saturated carbocycles. The molecule has 0 saturated heterocycles. The Bertz CT molecular complexity index is 857. The van der Waals surface area contributed by atoms with E-state index in [0.29, 0.717) is 11.3 Å². The van der Waals surface area contributed by atoms with Crippen LogP contribution in [0.5, 0.6) is 0 Å². The molecule has 5 N–H and O–H groups in total. The van der Waals surface area contributed by atoms with Gasteiger partial charge in [0.2, 0.25) is 5.71 Å². The van der Waals surface area contributed by atoms with Gasteiger partial charge in [0.05, 0.1) is 5.69 Å². The summed E-state index contributed by atoms with van der Waals surface area (Å²) in [7, 11) is 0. The van der Waals surface area contributed by atoms with Gasteiger partial charge < -0.3 is 11.1 Å². The molecule has 0 aromatic heterocycles. The third-order valence-corrected chi connectivity index (χ3v) is 3.28. The van der Waals surface area contributed by atoms with E-state index in [0.717, 1.165) is 16.8 Å². The Hall–Kier alpha value is -3.66. The highest BCUT2D eigenvalue weighted by Gasteiger charge is 2.07. The zero-order valence-corrected chi connectivity index (χ0v) is 13.9. The molecule has 0 spiro atoms. The molecule has 0 bridgehead atoms. The van der Waals surface area contributed by atoms with E-state index in [-0.39, 0.29) is 11.6 Å². The Morgan fingerprint density at radius 3 is 2.24 bits per heavy atom. The van der Waals surface area contributed by atoms with Crippen molar-refractivity contribution in [2.75, 3.05) is 10.7 Å². The fourth-order valence-corrected chi connectivity index (χ4v) is 2.21. The number of nitrogens with one attached hydrogen (secondary N) is 3. The molecule has 0 unspecified atom stereocenters. The average molecular weight is 334 g/mol. The third-order valence-electron chi connectivity index (χ3n) is 3.28. The number of anilines is 2. The summed E-state index contributed by atoms with van der Waals surface area (Å²) in [5.74, 6) is -0.638. The Morgan fingerprint density at radius 2 is 1.72 bits per heavy atom. The number of carbonyl (C=O) groups excluding carboxylic acids is 1. The lowest BCUT2D eigenvalue weighted by Gasteiger charge is -2.08. The minimum absolute atomic E-state index is 0.211. The highest BCUT2D eigenvalue weighted by atomic mass is 16.1. The van der Waals surface area contributed by atoms with E-state index < -0.39 is 5.84 Å². The zero-order valence-electron chi connectivity index (χ0n) is 13.9. The number of hydrazone groups is 1. The van der Waals surface area contributed by atoms with Gasteiger partial charge in [-0.05, 0) is 61.4 Å². The summed E-state index contributed by atoms with van der Waals surface area (Å²) in [6.45, 7) is 3.94. The van der Waals surface area contributed by atoms with Gasteiger partial charge in [-0.15, -0.1) is 0 Å². The predicted octanol–water partition coefficient (Wildman–Crippen LogP) is 2.78. The summed E-state index contributed by atoms with van der Waals surface area (Å²) >= 11 is 0. The van der Waals surface area contributed by atoms with Crippen LogP contribution in [0.25, 0.3) is 0 Å². The topological polar surface area (TPSA) is 127 Å². The second-order valence-corrected chi connectivity index (χ2v) is 5.51. The zero-order chi connectivity index (χ0) is 18.4. The molecular weight excluding hydrogens is 316 g/mol. The number of nitrogens with two attached hydrogens (primary N) is 1. The second kappa shape index (κ2) is 7.75. The van der Waals surface area contributed by atoms with Gasteiger partial charge in [-0.25, -0.2) is 0 Å². The molecule has 0 aliphatic heterocycles.